The fraction of sp³-hybridized carbons (Fsp3) is 0.714. The molecule has 0 amide bonds. The first kappa shape index (κ1) is 12.5. The van der Waals surface area contributed by atoms with Gasteiger partial charge in [0.15, 0.2) is 17.5 Å². The van der Waals surface area contributed by atoms with E-state index in [-0.39, 0.29) is 12.1 Å². The molecule has 6 heteroatoms. The summed E-state index contributed by atoms with van der Waals surface area (Å²) in [6, 6.07) is -0.590. The quantitative estimate of drug-likeness (QED) is 0.416. The van der Waals surface area contributed by atoms with Crippen molar-refractivity contribution in [2.75, 3.05) is 12.1 Å². The highest BCUT2D eigenvalue weighted by Crippen LogP contribution is 2.19. The van der Waals surface area contributed by atoms with Gasteiger partial charge < -0.3 is 9.47 Å². The summed E-state index contributed by atoms with van der Waals surface area (Å²) in [6.45, 7) is 2.74. The molecule has 0 aliphatic rings. The highest BCUT2D eigenvalue weighted by molar-refractivity contribution is 6.18. The number of carbonyl (C=O) groups excluding carboxylic acids is 2. The minimum absolute atomic E-state index is 0.295. The topological polar surface area (TPSA) is 52.6 Å². The molecule has 13 heavy (non-hydrogen) atoms. The minimum Gasteiger partial charge on any atom is -0.449 e. The van der Waals surface area contributed by atoms with E-state index in [0.29, 0.717) is 0 Å². The van der Waals surface area contributed by atoms with Gasteiger partial charge in [0.1, 0.15) is 0 Å². The molecule has 0 radical (unpaired) electrons. The Bertz CT molecular complexity index is 183. The van der Waals surface area contributed by atoms with Gasteiger partial charge >= 0.3 is 11.9 Å². The molecule has 0 heterocycles. The van der Waals surface area contributed by atoms with Crippen LogP contribution >= 0.6 is 23.2 Å². The summed E-state index contributed by atoms with van der Waals surface area (Å²) in [5, 5.41) is 0. The summed E-state index contributed by atoms with van der Waals surface area (Å²) in [4.78, 5) is 22.3. The summed E-state index contributed by atoms with van der Waals surface area (Å²) < 4.78 is 8.91. The summed E-state index contributed by atoms with van der Waals surface area (Å²) >= 11 is 10.3. The lowest BCUT2D eigenvalue weighted by Crippen LogP contribution is -2.36. The Morgan fingerprint density at radius 2 is 1.38 bits per heavy atom. The third kappa shape index (κ3) is 3.40. The molecule has 0 saturated carbocycles. The zero-order valence-electron chi connectivity index (χ0n) is 7.30. The summed E-state index contributed by atoms with van der Waals surface area (Å²) in [7, 11) is 0. The number of halogens is 2. The standard InChI is InChI=1S/C7H10Cl2O4/c1-7(2,5(10)12-3-8)6(11)13-4-9/h3-4H2,1-2H3. The molecule has 0 aliphatic carbocycles. The van der Waals surface area contributed by atoms with Gasteiger partial charge in [0.2, 0.25) is 0 Å². The van der Waals surface area contributed by atoms with Gasteiger partial charge in [-0.3, -0.25) is 9.59 Å². The molecule has 76 valence electrons. The van der Waals surface area contributed by atoms with Crippen molar-refractivity contribution in [2.45, 2.75) is 13.8 Å². The third-order valence-electron chi connectivity index (χ3n) is 1.39. The zero-order chi connectivity index (χ0) is 10.5. The van der Waals surface area contributed by atoms with Crippen LogP contribution in [0.2, 0.25) is 0 Å². The van der Waals surface area contributed by atoms with Crippen LogP contribution in [-0.4, -0.2) is 24.1 Å². The molecule has 0 atom stereocenters. The molecule has 0 aromatic heterocycles. The fourth-order valence-electron chi connectivity index (χ4n) is 0.543. The van der Waals surface area contributed by atoms with E-state index in [4.69, 9.17) is 23.2 Å². The van der Waals surface area contributed by atoms with Crippen LogP contribution in [0, 0.1) is 5.41 Å². The first-order chi connectivity index (χ1) is 5.96. The van der Waals surface area contributed by atoms with Crippen molar-refractivity contribution < 1.29 is 19.1 Å². The summed E-state index contributed by atoms with van der Waals surface area (Å²) in [5.74, 6) is -1.48. The van der Waals surface area contributed by atoms with Crippen molar-refractivity contribution in [3.05, 3.63) is 0 Å². The Balaban J connectivity index is 4.36. The monoisotopic (exact) mass is 228 g/mol. The normalized spacial score (nSPS) is 10.8. The van der Waals surface area contributed by atoms with E-state index in [1.165, 1.54) is 13.8 Å². The van der Waals surface area contributed by atoms with E-state index < -0.39 is 17.4 Å². The van der Waals surface area contributed by atoms with Gasteiger partial charge in [0, 0.05) is 0 Å². The molecular weight excluding hydrogens is 219 g/mol. The van der Waals surface area contributed by atoms with E-state index in [1.807, 2.05) is 0 Å². The molecule has 0 unspecified atom stereocenters. The highest BCUT2D eigenvalue weighted by Gasteiger charge is 2.39. The van der Waals surface area contributed by atoms with Crippen molar-refractivity contribution >= 4 is 35.1 Å². The second-order valence-corrected chi connectivity index (χ2v) is 3.14. The Kier molecular flexibility index (Phi) is 5.10. The van der Waals surface area contributed by atoms with Crippen LogP contribution in [0.5, 0.6) is 0 Å². The molecule has 0 fully saturated rings. The maximum atomic E-state index is 11.1. The van der Waals surface area contributed by atoms with Crippen LogP contribution in [0.3, 0.4) is 0 Å². The molecule has 4 nitrogen and oxygen atoms in total. The second-order valence-electron chi connectivity index (χ2n) is 2.71. The lowest BCUT2D eigenvalue weighted by molar-refractivity contribution is -0.167. The van der Waals surface area contributed by atoms with Crippen LogP contribution in [0.1, 0.15) is 13.8 Å². The van der Waals surface area contributed by atoms with Crippen LogP contribution in [0.4, 0.5) is 0 Å². The van der Waals surface area contributed by atoms with Gasteiger partial charge in [0.25, 0.3) is 0 Å². The molecule has 0 spiro atoms. The predicted molar refractivity (Wildman–Crippen MR) is 47.4 cm³/mol. The Labute approximate surface area is 86.1 Å². The fourth-order valence-corrected chi connectivity index (χ4v) is 0.741. The first-order valence-electron chi connectivity index (χ1n) is 3.43. The predicted octanol–water partition coefficient (Wildman–Crippen LogP) is 1.49. The average molecular weight is 229 g/mol. The van der Waals surface area contributed by atoms with Crippen LogP contribution in [-0.2, 0) is 19.1 Å². The van der Waals surface area contributed by atoms with E-state index >= 15 is 0 Å². The van der Waals surface area contributed by atoms with Gasteiger partial charge in [-0.1, -0.05) is 23.2 Å². The number of ether oxygens (including phenoxy) is 2. The first-order valence-corrected chi connectivity index (χ1v) is 4.50. The van der Waals surface area contributed by atoms with Gasteiger partial charge in [-0.2, -0.15) is 0 Å². The number of rotatable bonds is 4. The molecule has 0 aromatic carbocycles. The molecule has 0 bridgehead atoms. The largest absolute Gasteiger partial charge is 0.449 e. The van der Waals surface area contributed by atoms with E-state index in [1.54, 1.807) is 0 Å². The molecular formula is C7H10Cl2O4. The number of esters is 2. The molecule has 0 aliphatic heterocycles. The van der Waals surface area contributed by atoms with Gasteiger partial charge in [0.05, 0.1) is 0 Å². The summed E-state index contributed by atoms with van der Waals surface area (Å²) in [5.41, 5.74) is -1.37. The lowest BCUT2D eigenvalue weighted by atomic mass is 9.94. The van der Waals surface area contributed by atoms with Crippen LogP contribution in [0.15, 0.2) is 0 Å². The number of carbonyl (C=O) groups is 2. The molecule has 0 N–H and O–H groups in total. The zero-order valence-corrected chi connectivity index (χ0v) is 8.81. The number of alkyl halides is 2. The smallest absolute Gasteiger partial charge is 0.324 e. The lowest BCUT2D eigenvalue weighted by Gasteiger charge is -2.18. The van der Waals surface area contributed by atoms with Crippen molar-refractivity contribution in [1.29, 1.82) is 0 Å². The van der Waals surface area contributed by atoms with Crippen LogP contribution < -0.4 is 0 Å². The number of hydrogen-bond donors (Lipinski definition) is 0. The third-order valence-corrected chi connectivity index (χ3v) is 1.61. The van der Waals surface area contributed by atoms with Crippen LogP contribution in [0.25, 0.3) is 0 Å². The van der Waals surface area contributed by atoms with Crippen molar-refractivity contribution in [2.24, 2.45) is 5.41 Å². The SMILES string of the molecule is CC(C)(C(=O)OCCl)C(=O)OCCl. The van der Waals surface area contributed by atoms with Gasteiger partial charge in [-0.25, -0.2) is 0 Å². The Hall–Kier alpha value is -0.480. The van der Waals surface area contributed by atoms with Crippen molar-refractivity contribution in [3.8, 4) is 0 Å². The van der Waals surface area contributed by atoms with Crippen molar-refractivity contribution in [3.63, 3.8) is 0 Å². The molecule has 0 saturated heterocycles. The Morgan fingerprint density at radius 3 is 1.62 bits per heavy atom. The number of hydrogen-bond acceptors (Lipinski definition) is 4. The van der Waals surface area contributed by atoms with E-state index in [2.05, 4.69) is 9.47 Å². The highest BCUT2D eigenvalue weighted by atomic mass is 35.5. The molecule has 0 rings (SSSR count). The van der Waals surface area contributed by atoms with Crippen molar-refractivity contribution in [1.82, 2.24) is 0 Å². The molecule has 0 aromatic rings. The van der Waals surface area contributed by atoms with E-state index in [9.17, 15) is 9.59 Å². The average Bonchev–Trinajstić information content (AvgIpc) is 2.05. The minimum atomic E-state index is -1.37. The second kappa shape index (κ2) is 5.29. The summed E-state index contributed by atoms with van der Waals surface area (Å²) in [6.07, 6.45) is 0. The maximum Gasteiger partial charge on any atom is 0.324 e. The van der Waals surface area contributed by atoms with Gasteiger partial charge in [-0.15, -0.1) is 0 Å². The Morgan fingerprint density at radius 1 is 1.08 bits per heavy atom. The maximum absolute atomic E-state index is 11.1. The van der Waals surface area contributed by atoms with E-state index in [0.717, 1.165) is 0 Å². The van der Waals surface area contributed by atoms with Gasteiger partial charge in [-0.05, 0) is 13.8 Å².